The fourth-order valence-electron chi connectivity index (χ4n) is 2.25. The van der Waals surface area contributed by atoms with Crippen molar-refractivity contribution in [3.8, 4) is 0 Å². The smallest absolute Gasteiger partial charge is 0.0607 e. The Labute approximate surface area is 115 Å². The van der Waals surface area contributed by atoms with Gasteiger partial charge in [0.1, 0.15) is 0 Å². The summed E-state index contributed by atoms with van der Waals surface area (Å²) in [5, 5.41) is 3.60. The minimum absolute atomic E-state index is 0.337. The topological polar surface area (TPSA) is 24.9 Å². The molecule has 0 aliphatic heterocycles. The molecule has 0 radical (unpaired) electrons. The van der Waals surface area contributed by atoms with Crippen LogP contribution in [0.5, 0.6) is 0 Å². The van der Waals surface area contributed by atoms with Crippen LogP contribution in [0.15, 0.2) is 36.4 Å². The molecule has 0 spiro atoms. The summed E-state index contributed by atoms with van der Waals surface area (Å²) in [5.41, 5.74) is 5.87. The number of nitrogens with one attached hydrogen (secondary N) is 1. The fraction of sp³-hybridized carbons (Fsp3) is 0.353. The minimum atomic E-state index is 0.337. The monoisotopic (exact) mass is 254 g/mol. The lowest BCUT2D eigenvalue weighted by molar-refractivity contribution is 0.746. The highest BCUT2D eigenvalue weighted by atomic mass is 14.9. The van der Waals surface area contributed by atoms with Gasteiger partial charge in [-0.3, -0.25) is 4.98 Å². The Balaban J connectivity index is 2.21. The SMILES string of the molecule is CCC(Nc1ccc(C)nc1C)c1ccc(C)cc1. The molecule has 2 heteroatoms. The second-order valence-electron chi connectivity index (χ2n) is 5.10. The predicted molar refractivity (Wildman–Crippen MR) is 81.5 cm³/mol. The van der Waals surface area contributed by atoms with Gasteiger partial charge < -0.3 is 5.32 Å². The molecule has 1 aromatic heterocycles. The summed E-state index contributed by atoms with van der Waals surface area (Å²) in [5.74, 6) is 0. The van der Waals surface area contributed by atoms with Crippen molar-refractivity contribution in [3.63, 3.8) is 0 Å². The largest absolute Gasteiger partial charge is 0.377 e. The number of nitrogens with zero attached hydrogens (tertiary/aromatic N) is 1. The number of hydrogen-bond donors (Lipinski definition) is 1. The molecule has 0 bridgehead atoms. The molecule has 1 heterocycles. The van der Waals surface area contributed by atoms with Crippen molar-refractivity contribution in [3.05, 3.63) is 58.9 Å². The third-order valence-electron chi connectivity index (χ3n) is 3.44. The molecule has 0 aliphatic carbocycles. The van der Waals surface area contributed by atoms with Crippen LogP contribution in [0, 0.1) is 20.8 Å². The first-order valence-electron chi connectivity index (χ1n) is 6.87. The van der Waals surface area contributed by atoms with Crippen molar-refractivity contribution < 1.29 is 0 Å². The molecule has 2 aromatic rings. The quantitative estimate of drug-likeness (QED) is 0.864. The molecule has 1 atom stereocenters. The van der Waals surface area contributed by atoms with Gasteiger partial charge in [0, 0.05) is 5.69 Å². The van der Waals surface area contributed by atoms with Crippen LogP contribution < -0.4 is 5.32 Å². The van der Waals surface area contributed by atoms with E-state index in [0.29, 0.717) is 6.04 Å². The molecule has 0 amide bonds. The number of rotatable bonds is 4. The maximum Gasteiger partial charge on any atom is 0.0607 e. The zero-order valence-corrected chi connectivity index (χ0v) is 12.2. The number of pyridine rings is 1. The molecule has 2 rings (SSSR count). The number of hydrogen-bond acceptors (Lipinski definition) is 2. The van der Waals surface area contributed by atoms with Crippen LogP contribution in [-0.2, 0) is 0 Å². The lowest BCUT2D eigenvalue weighted by atomic mass is 10.0. The van der Waals surface area contributed by atoms with Crippen LogP contribution in [-0.4, -0.2) is 4.98 Å². The second-order valence-corrected chi connectivity index (χ2v) is 5.10. The van der Waals surface area contributed by atoms with E-state index in [0.717, 1.165) is 23.5 Å². The number of aryl methyl sites for hydroxylation is 3. The summed E-state index contributed by atoms with van der Waals surface area (Å²) in [6, 6.07) is 13.2. The first-order valence-corrected chi connectivity index (χ1v) is 6.87. The van der Waals surface area contributed by atoms with Gasteiger partial charge in [0.2, 0.25) is 0 Å². The van der Waals surface area contributed by atoms with Crippen molar-refractivity contribution in [2.24, 2.45) is 0 Å². The van der Waals surface area contributed by atoms with Gasteiger partial charge in [0.05, 0.1) is 17.4 Å². The van der Waals surface area contributed by atoms with Crippen LogP contribution in [0.25, 0.3) is 0 Å². The number of anilines is 1. The Morgan fingerprint density at radius 3 is 2.26 bits per heavy atom. The lowest BCUT2D eigenvalue weighted by Gasteiger charge is -2.20. The molecular formula is C17H22N2. The molecule has 19 heavy (non-hydrogen) atoms. The third-order valence-corrected chi connectivity index (χ3v) is 3.44. The molecular weight excluding hydrogens is 232 g/mol. The van der Waals surface area contributed by atoms with Crippen LogP contribution in [0.1, 0.15) is 41.9 Å². The van der Waals surface area contributed by atoms with Gasteiger partial charge in [-0.1, -0.05) is 36.8 Å². The van der Waals surface area contributed by atoms with E-state index in [1.807, 2.05) is 6.92 Å². The highest BCUT2D eigenvalue weighted by molar-refractivity contribution is 5.49. The van der Waals surface area contributed by atoms with Gasteiger partial charge >= 0.3 is 0 Å². The Hall–Kier alpha value is -1.83. The van der Waals surface area contributed by atoms with E-state index in [-0.39, 0.29) is 0 Å². The van der Waals surface area contributed by atoms with Crippen molar-refractivity contribution in [1.82, 2.24) is 4.98 Å². The lowest BCUT2D eigenvalue weighted by Crippen LogP contribution is -2.11. The van der Waals surface area contributed by atoms with E-state index in [1.165, 1.54) is 11.1 Å². The Kier molecular flexibility index (Phi) is 4.20. The van der Waals surface area contributed by atoms with Crippen molar-refractivity contribution in [2.45, 2.75) is 40.2 Å². The molecule has 0 aliphatic rings. The van der Waals surface area contributed by atoms with E-state index < -0.39 is 0 Å². The van der Waals surface area contributed by atoms with E-state index in [1.54, 1.807) is 0 Å². The standard InChI is InChI=1S/C17H22N2/c1-5-16(15-9-6-12(2)7-10-15)19-17-11-8-13(3)18-14(17)4/h6-11,16,19H,5H2,1-4H3. The van der Waals surface area contributed by atoms with Crippen LogP contribution in [0.2, 0.25) is 0 Å². The molecule has 0 fully saturated rings. The molecule has 1 aromatic carbocycles. The number of benzene rings is 1. The number of aromatic nitrogens is 1. The van der Waals surface area contributed by atoms with Crippen molar-refractivity contribution in [1.29, 1.82) is 0 Å². The summed E-state index contributed by atoms with van der Waals surface area (Å²) in [6.45, 7) is 8.39. The van der Waals surface area contributed by atoms with Gasteiger partial charge in [-0.05, 0) is 44.9 Å². The van der Waals surface area contributed by atoms with Crippen molar-refractivity contribution >= 4 is 5.69 Å². The van der Waals surface area contributed by atoms with Crippen molar-refractivity contribution in [2.75, 3.05) is 5.32 Å². The zero-order chi connectivity index (χ0) is 13.8. The molecule has 0 saturated heterocycles. The summed E-state index contributed by atoms with van der Waals surface area (Å²) >= 11 is 0. The molecule has 100 valence electrons. The molecule has 1 unspecified atom stereocenters. The highest BCUT2D eigenvalue weighted by Crippen LogP contribution is 2.24. The van der Waals surface area contributed by atoms with Crippen LogP contribution in [0.3, 0.4) is 0 Å². The van der Waals surface area contributed by atoms with E-state index in [9.17, 15) is 0 Å². The van der Waals surface area contributed by atoms with E-state index in [4.69, 9.17) is 0 Å². The molecule has 1 N–H and O–H groups in total. The maximum absolute atomic E-state index is 4.51. The normalized spacial score (nSPS) is 12.2. The van der Waals surface area contributed by atoms with Gasteiger partial charge in [-0.15, -0.1) is 0 Å². The van der Waals surface area contributed by atoms with Gasteiger partial charge in [0.25, 0.3) is 0 Å². The third kappa shape index (κ3) is 3.34. The minimum Gasteiger partial charge on any atom is -0.377 e. The van der Waals surface area contributed by atoms with Crippen LogP contribution >= 0.6 is 0 Å². The van der Waals surface area contributed by atoms with Crippen LogP contribution in [0.4, 0.5) is 5.69 Å². The first kappa shape index (κ1) is 13.6. The maximum atomic E-state index is 4.51. The second kappa shape index (κ2) is 5.87. The first-order chi connectivity index (χ1) is 9.10. The molecule has 2 nitrogen and oxygen atoms in total. The zero-order valence-electron chi connectivity index (χ0n) is 12.2. The summed E-state index contributed by atoms with van der Waals surface area (Å²) in [4.78, 5) is 4.51. The Morgan fingerprint density at radius 1 is 1.00 bits per heavy atom. The van der Waals surface area contributed by atoms with Gasteiger partial charge in [-0.25, -0.2) is 0 Å². The predicted octanol–water partition coefficient (Wildman–Crippen LogP) is 4.57. The Morgan fingerprint density at radius 2 is 1.68 bits per heavy atom. The average Bonchev–Trinajstić information content (AvgIpc) is 2.39. The summed E-state index contributed by atoms with van der Waals surface area (Å²) < 4.78 is 0. The van der Waals surface area contributed by atoms with E-state index in [2.05, 4.69) is 67.5 Å². The van der Waals surface area contributed by atoms with E-state index >= 15 is 0 Å². The van der Waals surface area contributed by atoms with Gasteiger partial charge in [0.15, 0.2) is 0 Å². The summed E-state index contributed by atoms with van der Waals surface area (Å²) in [6.07, 6.45) is 1.05. The Bertz CT molecular complexity index is 544. The highest BCUT2D eigenvalue weighted by Gasteiger charge is 2.10. The average molecular weight is 254 g/mol. The summed E-state index contributed by atoms with van der Waals surface area (Å²) in [7, 11) is 0. The van der Waals surface area contributed by atoms with Gasteiger partial charge in [-0.2, -0.15) is 0 Å². The fourth-order valence-corrected chi connectivity index (χ4v) is 2.25. The molecule has 0 saturated carbocycles.